The van der Waals surface area contributed by atoms with Crippen LogP contribution in [0.25, 0.3) is 42.0 Å². The fraction of sp³-hybridized carbons (Fsp3) is 0.277. The highest BCUT2D eigenvalue weighted by atomic mass is 16.1. The molecule has 0 fully saturated rings. The standard InChI is InChI=1S/C15H12N4O.C11H10N4O.C11H12N4O.C10H8N4O/c1-10-12(8-11-6-4-3-5-7-11)15(20)19-14(18-10)13(16-2)9-17-19;1-12-9-6-13-15-10(9)14-8-5-3-2-4-7(8)11(15)16;1-5-8-6(2)13-10-9(12-4)7(3)14-15(10)11(8)16;1-11-8-5-12-14-9(8)13-7-4-2-3-6(7)10(14)15/h3-7,9,17H,8H2,1H3;6,13H,2-5H2;14H,5H2,1-3H3;5,12H,2-4H2. The molecule has 0 saturated carbocycles. The van der Waals surface area contributed by atoms with E-state index < -0.39 is 0 Å². The maximum Gasteiger partial charge on any atom is 0.275 e. The highest BCUT2D eigenvalue weighted by Gasteiger charge is 2.21. The van der Waals surface area contributed by atoms with E-state index in [2.05, 4.69) is 59.7 Å². The summed E-state index contributed by atoms with van der Waals surface area (Å²) >= 11 is 0. The maximum absolute atomic E-state index is 12.5. The summed E-state index contributed by atoms with van der Waals surface area (Å²) in [6.45, 7) is 35.4. The van der Waals surface area contributed by atoms with Gasteiger partial charge >= 0.3 is 0 Å². The van der Waals surface area contributed by atoms with Gasteiger partial charge in [-0.1, -0.05) is 37.3 Å². The Kier molecular flexibility index (Phi) is 12.3. The number of aryl methyl sites for hydroxylation is 5. The summed E-state index contributed by atoms with van der Waals surface area (Å²) in [6, 6.07) is 9.79. The minimum atomic E-state index is -0.147. The van der Waals surface area contributed by atoms with Crippen LogP contribution in [0.2, 0.25) is 0 Å². The van der Waals surface area contributed by atoms with Crippen molar-refractivity contribution < 1.29 is 0 Å². The van der Waals surface area contributed by atoms with Crippen LogP contribution in [0.15, 0.2) is 68.1 Å². The van der Waals surface area contributed by atoms with Crippen LogP contribution in [0.3, 0.4) is 0 Å². The molecule has 8 aromatic heterocycles. The summed E-state index contributed by atoms with van der Waals surface area (Å²) in [5, 5.41) is 11.2. The van der Waals surface area contributed by atoms with E-state index in [4.69, 9.17) is 26.3 Å². The monoisotopic (exact) mass is 894 g/mol. The molecule has 2 aliphatic rings. The molecular weight excluding hydrogens is 853 g/mol. The van der Waals surface area contributed by atoms with Crippen molar-refractivity contribution in [3.8, 4) is 0 Å². The molecule has 20 nitrogen and oxygen atoms in total. The maximum atomic E-state index is 12.5. The van der Waals surface area contributed by atoms with Gasteiger partial charge in [0.1, 0.15) is 0 Å². The summed E-state index contributed by atoms with van der Waals surface area (Å²) < 4.78 is 5.42. The molecule has 0 radical (unpaired) electrons. The molecule has 67 heavy (non-hydrogen) atoms. The quantitative estimate of drug-likeness (QED) is 0.139. The minimum absolute atomic E-state index is 0.0467. The van der Waals surface area contributed by atoms with Crippen LogP contribution in [0.4, 0.5) is 22.7 Å². The van der Waals surface area contributed by atoms with E-state index in [0.717, 1.165) is 73.0 Å². The van der Waals surface area contributed by atoms with Crippen LogP contribution >= 0.6 is 0 Å². The molecule has 9 aromatic rings. The second-order valence-electron chi connectivity index (χ2n) is 15.9. The predicted octanol–water partition coefficient (Wildman–Crippen LogP) is 6.74. The molecule has 0 spiro atoms. The van der Waals surface area contributed by atoms with Crippen molar-refractivity contribution in [1.82, 2.24) is 58.4 Å². The number of H-pyrrole nitrogens is 4. The minimum Gasteiger partial charge on any atom is -0.308 e. The average molecular weight is 895 g/mol. The van der Waals surface area contributed by atoms with Crippen molar-refractivity contribution in [2.45, 2.75) is 85.5 Å². The van der Waals surface area contributed by atoms with Gasteiger partial charge in [-0.15, -0.1) is 0 Å². The van der Waals surface area contributed by atoms with Crippen LogP contribution < -0.4 is 22.2 Å². The lowest BCUT2D eigenvalue weighted by Crippen LogP contribution is -2.24. The van der Waals surface area contributed by atoms with Crippen molar-refractivity contribution in [2.75, 3.05) is 0 Å². The van der Waals surface area contributed by atoms with Crippen LogP contribution in [0, 0.1) is 47.1 Å². The summed E-state index contributed by atoms with van der Waals surface area (Å²) in [5.74, 6) is 0. The smallest absolute Gasteiger partial charge is 0.275 e. The van der Waals surface area contributed by atoms with Gasteiger partial charge in [-0.05, 0) is 77.7 Å². The van der Waals surface area contributed by atoms with Crippen LogP contribution in [-0.4, -0.2) is 58.4 Å². The third-order valence-electron chi connectivity index (χ3n) is 11.8. The van der Waals surface area contributed by atoms with Gasteiger partial charge in [-0.2, -0.15) is 0 Å². The largest absolute Gasteiger partial charge is 0.308 e. The Labute approximate surface area is 380 Å². The predicted molar refractivity (Wildman–Crippen MR) is 250 cm³/mol. The molecule has 0 atom stereocenters. The normalized spacial score (nSPS) is 12.4. The van der Waals surface area contributed by atoms with E-state index in [0.29, 0.717) is 86.4 Å². The van der Waals surface area contributed by atoms with Crippen LogP contribution in [0.5, 0.6) is 0 Å². The number of nitrogens with one attached hydrogen (secondary N) is 4. The van der Waals surface area contributed by atoms with Crippen molar-refractivity contribution in [3.63, 3.8) is 0 Å². The van der Waals surface area contributed by atoms with Gasteiger partial charge in [0.05, 0.1) is 37.7 Å². The zero-order chi connectivity index (χ0) is 47.5. The van der Waals surface area contributed by atoms with Crippen molar-refractivity contribution in [2.24, 2.45) is 0 Å². The molecule has 334 valence electrons. The second-order valence-corrected chi connectivity index (χ2v) is 15.9. The molecule has 4 N–H and O–H groups in total. The molecule has 1 aromatic carbocycles. The lowest BCUT2D eigenvalue weighted by atomic mass is 9.97. The molecule has 0 aliphatic heterocycles. The number of hydrogen-bond acceptors (Lipinski definition) is 8. The number of aromatic nitrogens is 12. The Hall–Kier alpha value is -9.14. The lowest BCUT2D eigenvalue weighted by Gasteiger charge is -2.13. The van der Waals surface area contributed by atoms with E-state index in [1.54, 1.807) is 20.8 Å². The average Bonchev–Trinajstić information content (AvgIpc) is 4.20. The molecule has 8 heterocycles. The van der Waals surface area contributed by atoms with E-state index in [1.807, 2.05) is 37.3 Å². The number of fused-ring (bicyclic) bond motifs is 6. The van der Waals surface area contributed by atoms with E-state index in [9.17, 15) is 19.2 Å². The Bertz CT molecular complexity index is 3830. The first-order chi connectivity index (χ1) is 32.4. The van der Waals surface area contributed by atoms with Gasteiger partial charge in [0.25, 0.3) is 27.9 Å². The van der Waals surface area contributed by atoms with Gasteiger partial charge < -0.3 is 20.4 Å². The first-order valence-electron chi connectivity index (χ1n) is 21.4. The van der Waals surface area contributed by atoms with E-state index in [1.165, 1.54) is 36.7 Å². The molecule has 0 bridgehead atoms. The summed E-state index contributed by atoms with van der Waals surface area (Å²) in [7, 11) is 0. The van der Waals surface area contributed by atoms with Gasteiger partial charge in [0.15, 0.2) is 22.6 Å². The summed E-state index contributed by atoms with van der Waals surface area (Å²) in [6.07, 6.45) is 12.1. The van der Waals surface area contributed by atoms with Crippen molar-refractivity contribution in [1.29, 1.82) is 0 Å². The van der Waals surface area contributed by atoms with E-state index >= 15 is 0 Å². The molecule has 11 rings (SSSR count). The zero-order valence-corrected chi connectivity index (χ0v) is 37.0. The van der Waals surface area contributed by atoms with Gasteiger partial charge in [0, 0.05) is 64.3 Å². The highest BCUT2D eigenvalue weighted by molar-refractivity contribution is 5.72. The number of rotatable bonds is 3. The molecular formula is C47H42N16O4. The molecule has 0 amide bonds. The highest BCUT2D eigenvalue weighted by Crippen LogP contribution is 2.25. The first-order valence-corrected chi connectivity index (χ1v) is 21.4. The Morgan fingerprint density at radius 1 is 0.552 bits per heavy atom. The number of nitrogens with zero attached hydrogens (tertiary/aromatic N) is 12. The van der Waals surface area contributed by atoms with Gasteiger partial charge in [-0.25, -0.2) is 57.4 Å². The Morgan fingerprint density at radius 3 is 1.55 bits per heavy atom. The van der Waals surface area contributed by atoms with Gasteiger partial charge in [0.2, 0.25) is 17.1 Å². The van der Waals surface area contributed by atoms with Crippen molar-refractivity contribution >= 4 is 45.3 Å². The third-order valence-corrected chi connectivity index (χ3v) is 11.8. The second kappa shape index (κ2) is 18.5. The number of benzene rings is 1. The topological polar surface area (TPSA) is 218 Å². The number of hydrogen-bond donors (Lipinski definition) is 4. The molecule has 2 aliphatic carbocycles. The van der Waals surface area contributed by atoms with E-state index in [-0.39, 0.29) is 22.2 Å². The third kappa shape index (κ3) is 8.15. The van der Waals surface area contributed by atoms with Gasteiger partial charge in [-0.3, -0.25) is 19.2 Å². The fourth-order valence-electron chi connectivity index (χ4n) is 8.35. The summed E-state index contributed by atoms with van der Waals surface area (Å²) in [4.78, 5) is 79.5. The number of aromatic amines is 4. The van der Waals surface area contributed by atoms with Crippen LogP contribution in [-0.2, 0) is 38.5 Å². The zero-order valence-electron chi connectivity index (χ0n) is 37.0. The van der Waals surface area contributed by atoms with Crippen LogP contribution in [0.1, 0.15) is 82.5 Å². The Morgan fingerprint density at radius 2 is 1.01 bits per heavy atom. The molecule has 0 saturated heterocycles. The molecule has 20 heteroatoms. The Balaban J connectivity index is 0.000000122. The lowest BCUT2D eigenvalue weighted by molar-refractivity contribution is 0.651. The van der Waals surface area contributed by atoms with Crippen molar-refractivity contribution in [3.05, 3.63) is 192 Å². The molecule has 0 unspecified atom stereocenters. The SMILES string of the molecule is [C-]#[N+]c1c(C)[nH]n2c(=O)c(CC)c(C)nc12.[C-]#[N+]c1c[nH]n2c(=O)c(Cc3ccccc3)c(C)nc12.[C-]#[N+]c1c[nH]n2c(=O)c3c(nc12)CCC3.[C-]#[N+]c1c[nH]n2c(=O)c3c(nc12)CCCC3. The summed E-state index contributed by atoms with van der Waals surface area (Å²) in [5.41, 5.74) is 10.7. The fourth-order valence-corrected chi connectivity index (χ4v) is 8.35. The first kappa shape index (κ1) is 44.5.